The Morgan fingerprint density at radius 2 is 1.49 bits per heavy atom. The SMILES string of the molecule is CN(CCc1noc(-c2ccc(C(=O)N3CCN(c4ccccc4)CC3)cc2)n1)C(=O)c1ccccc1. The summed E-state index contributed by atoms with van der Waals surface area (Å²) < 4.78 is 5.43. The largest absolute Gasteiger partial charge is 0.368 e. The minimum atomic E-state index is -0.0500. The van der Waals surface area contributed by atoms with Crippen molar-refractivity contribution < 1.29 is 14.1 Å². The lowest BCUT2D eigenvalue weighted by Gasteiger charge is -2.36. The lowest BCUT2D eigenvalue weighted by atomic mass is 10.1. The van der Waals surface area contributed by atoms with Crippen molar-refractivity contribution in [3.8, 4) is 11.5 Å². The molecule has 0 atom stereocenters. The van der Waals surface area contributed by atoms with Crippen molar-refractivity contribution in [3.63, 3.8) is 0 Å². The number of carbonyl (C=O) groups is 2. The molecule has 1 aromatic heterocycles. The highest BCUT2D eigenvalue weighted by Gasteiger charge is 2.22. The van der Waals surface area contributed by atoms with Crippen molar-refractivity contribution in [3.05, 3.63) is 102 Å². The molecular weight excluding hydrogens is 466 g/mol. The van der Waals surface area contributed by atoms with Crippen molar-refractivity contribution in [1.29, 1.82) is 0 Å². The first-order valence-corrected chi connectivity index (χ1v) is 12.4. The Bertz CT molecular complexity index is 1330. The third-order valence-corrected chi connectivity index (χ3v) is 6.57. The Labute approximate surface area is 216 Å². The molecule has 37 heavy (non-hydrogen) atoms. The van der Waals surface area contributed by atoms with E-state index in [2.05, 4.69) is 27.2 Å². The van der Waals surface area contributed by atoms with Crippen molar-refractivity contribution in [2.45, 2.75) is 6.42 Å². The highest BCUT2D eigenvalue weighted by atomic mass is 16.5. The van der Waals surface area contributed by atoms with Crippen LogP contribution in [0.2, 0.25) is 0 Å². The molecule has 0 spiro atoms. The number of hydrogen-bond acceptors (Lipinski definition) is 6. The quantitative estimate of drug-likeness (QED) is 0.385. The van der Waals surface area contributed by atoms with Gasteiger partial charge in [-0.3, -0.25) is 9.59 Å². The van der Waals surface area contributed by atoms with Crippen LogP contribution in [0.5, 0.6) is 0 Å². The van der Waals surface area contributed by atoms with E-state index in [0.29, 0.717) is 48.9 Å². The summed E-state index contributed by atoms with van der Waals surface area (Å²) in [6, 6.07) is 26.7. The zero-order valence-electron chi connectivity index (χ0n) is 20.8. The summed E-state index contributed by atoms with van der Waals surface area (Å²) in [6.07, 6.45) is 0.476. The maximum absolute atomic E-state index is 13.0. The van der Waals surface area contributed by atoms with Crippen molar-refractivity contribution in [1.82, 2.24) is 19.9 Å². The Morgan fingerprint density at radius 1 is 0.838 bits per heavy atom. The third kappa shape index (κ3) is 5.69. The van der Waals surface area contributed by atoms with Gasteiger partial charge in [-0.15, -0.1) is 0 Å². The maximum atomic E-state index is 13.0. The van der Waals surface area contributed by atoms with Crippen molar-refractivity contribution in [2.24, 2.45) is 0 Å². The van der Waals surface area contributed by atoms with Gasteiger partial charge >= 0.3 is 0 Å². The van der Waals surface area contributed by atoms with Crippen LogP contribution in [-0.2, 0) is 6.42 Å². The highest BCUT2D eigenvalue weighted by Crippen LogP contribution is 2.20. The number of rotatable bonds is 7. The zero-order valence-corrected chi connectivity index (χ0v) is 20.8. The molecular formula is C29H29N5O3. The summed E-state index contributed by atoms with van der Waals surface area (Å²) in [7, 11) is 1.76. The normalized spacial score (nSPS) is 13.4. The average molecular weight is 496 g/mol. The smallest absolute Gasteiger partial charge is 0.257 e. The molecule has 1 aliphatic heterocycles. The molecule has 188 valence electrons. The van der Waals surface area contributed by atoms with E-state index in [0.717, 1.165) is 18.7 Å². The minimum Gasteiger partial charge on any atom is -0.368 e. The number of piperazine rings is 1. The van der Waals surface area contributed by atoms with Crippen LogP contribution in [0.15, 0.2) is 89.5 Å². The molecule has 0 bridgehead atoms. The zero-order chi connectivity index (χ0) is 25.6. The molecule has 0 aliphatic carbocycles. The topological polar surface area (TPSA) is 82.8 Å². The first kappa shape index (κ1) is 24.2. The van der Waals surface area contributed by atoms with Gasteiger partial charge in [-0.05, 0) is 48.5 Å². The lowest BCUT2D eigenvalue weighted by Crippen LogP contribution is -2.48. The third-order valence-electron chi connectivity index (χ3n) is 6.57. The van der Waals surface area contributed by atoms with E-state index in [9.17, 15) is 9.59 Å². The molecule has 1 fully saturated rings. The molecule has 0 saturated carbocycles. The summed E-state index contributed by atoms with van der Waals surface area (Å²) in [4.78, 5) is 35.8. The van der Waals surface area contributed by atoms with Crippen molar-refractivity contribution in [2.75, 3.05) is 44.7 Å². The number of hydrogen-bond donors (Lipinski definition) is 0. The van der Waals surface area contributed by atoms with Crippen LogP contribution in [0, 0.1) is 0 Å². The molecule has 8 heteroatoms. The number of amides is 2. The lowest BCUT2D eigenvalue weighted by molar-refractivity contribution is 0.0745. The van der Waals surface area contributed by atoms with Gasteiger partial charge < -0.3 is 19.2 Å². The standard InChI is InChI=1S/C29H29N5O3/c1-32(28(35)23-8-4-2-5-9-23)17-16-26-30-27(37-31-26)22-12-14-24(15-13-22)29(36)34-20-18-33(19-21-34)25-10-6-3-7-11-25/h2-15H,16-21H2,1H3. The summed E-state index contributed by atoms with van der Waals surface area (Å²) in [5.74, 6) is 0.893. The van der Waals surface area contributed by atoms with E-state index in [1.807, 2.05) is 53.4 Å². The fourth-order valence-electron chi connectivity index (χ4n) is 4.39. The van der Waals surface area contributed by atoms with Crippen LogP contribution in [-0.4, -0.2) is 71.5 Å². The molecule has 5 rings (SSSR count). The predicted octanol–water partition coefficient (Wildman–Crippen LogP) is 4.01. The number of likely N-dealkylation sites (N-methyl/N-ethyl adjacent to an activating group) is 1. The van der Waals surface area contributed by atoms with E-state index >= 15 is 0 Å². The fraction of sp³-hybridized carbons (Fsp3) is 0.241. The van der Waals surface area contributed by atoms with Crippen LogP contribution < -0.4 is 4.90 Å². The molecule has 0 unspecified atom stereocenters. The maximum Gasteiger partial charge on any atom is 0.257 e. The number of aromatic nitrogens is 2. The second-order valence-electron chi connectivity index (χ2n) is 9.05. The molecule has 0 N–H and O–H groups in total. The first-order valence-electron chi connectivity index (χ1n) is 12.4. The number of benzene rings is 3. The van der Waals surface area contributed by atoms with Crippen LogP contribution in [0.4, 0.5) is 5.69 Å². The number of anilines is 1. The van der Waals surface area contributed by atoms with Crippen LogP contribution in [0.1, 0.15) is 26.5 Å². The predicted molar refractivity (Wildman–Crippen MR) is 141 cm³/mol. The van der Waals surface area contributed by atoms with E-state index in [1.54, 1.807) is 36.2 Å². The van der Waals surface area contributed by atoms with Gasteiger partial charge in [0, 0.05) is 68.6 Å². The molecule has 1 aliphatic rings. The molecule has 1 saturated heterocycles. The minimum absolute atomic E-state index is 0.0246. The summed E-state index contributed by atoms with van der Waals surface area (Å²) in [5.41, 5.74) is 3.22. The van der Waals surface area contributed by atoms with E-state index < -0.39 is 0 Å². The van der Waals surface area contributed by atoms with Crippen LogP contribution >= 0.6 is 0 Å². The fourth-order valence-corrected chi connectivity index (χ4v) is 4.39. The Balaban J connectivity index is 1.14. The Hall–Kier alpha value is -4.46. The molecule has 3 aromatic carbocycles. The summed E-state index contributed by atoms with van der Waals surface area (Å²) in [5, 5.41) is 4.06. The van der Waals surface area contributed by atoms with Gasteiger partial charge in [0.25, 0.3) is 17.7 Å². The van der Waals surface area contributed by atoms with Gasteiger partial charge in [-0.1, -0.05) is 41.6 Å². The van der Waals surface area contributed by atoms with Gasteiger partial charge in [0.1, 0.15) is 0 Å². The highest BCUT2D eigenvalue weighted by molar-refractivity contribution is 5.95. The monoisotopic (exact) mass is 495 g/mol. The summed E-state index contributed by atoms with van der Waals surface area (Å²) >= 11 is 0. The Kier molecular flexibility index (Phi) is 7.26. The second-order valence-corrected chi connectivity index (χ2v) is 9.05. The van der Waals surface area contributed by atoms with Crippen LogP contribution in [0.3, 0.4) is 0 Å². The number of nitrogens with zero attached hydrogens (tertiary/aromatic N) is 5. The molecule has 0 radical (unpaired) electrons. The number of para-hydroxylation sites is 1. The molecule has 2 amide bonds. The summed E-state index contributed by atoms with van der Waals surface area (Å²) in [6.45, 7) is 3.46. The van der Waals surface area contributed by atoms with Gasteiger partial charge in [-0.25, -0.2) is 0 Å². The van der Waals surface area contributed by atoms with Gasteiger partial charge in [0.05, 0.1) is 0 Å². The Morgan fingerprint density at radius 3 is 2.16 bits per heavy atom. The van der Waals surface area contributed by atoms with Gasteiger partial charge in [-0.2, -0.15) is 4.98 Å². The van der Waals surface area contributed by atoms with E-state index in [4.69, 9.17) is 4.52 Å². The van der Waals surface area contributed by atoms with E-state index in [1.165, 1.54) is 5.69 Å². The first-order chi connectivity index (χ1) is 18.1. The van der Waals surface area contributed by atoms with Gasteiger partial charge in [0.15, 0.2) is 5.82 Å². The molecule has 8 nitrogen and oxygen atoms in total. The van der Waals surface area contributed by atoms with Crippen molar-refractivity contribution >= 4 is 17.5 Å². The molecule has 2 heterocycles. The van der Waals surface area contributed by atoms with E-state index in [-0.39, 0.29) is 11.8 Å². The van der Waals surface area contributed by atoms with Gasteiger partial charge in [0.2, 0.25) is 0 Å². The average Bonchev–Trinajstić information content (AvgIpc) is 3.45. The second kappa shape index (κ2) is 11.1. The molecule has 4 aromatic rings. The number of carbonyl (C=O) groups excluding carboxylic acids is 2. The van der Waals surface area contributed by atoms with Crippen LogP contribution in [0.25, 0.3) is 11.5 Å².